The molecule has 0 aromatic rings. The SMILES string of the molecule is F[C](F)(F)[Sn][CH]1CCCCC1. The summed E-state index contributed by atoms with van der Waals surface area (Å²) in [5.41, 5.74) is 0. The minimum absolute atomic E-state index is 0.0901. The minimum atomic E-state index is -3.77. The van der Waals surface area contributed by atoms with E-state index in [0.29, 0.717) is 0 Å². The van der Waals surface area contributed by atoms with Gasteiger partial charge in [-0.05, 0) is 0 Å². The van der Waals surface area contributed by atoms with E-state index in [9.17, 15) is 13.2 Å². The van der Waals surface area contributed by atoms with Gasteiger partial charge in [0.2, 0.25) is 0 Å². The first-order valence-corrected chi connectivity index (χ1v) is 7.00. The van der Waals surface area contributed by atoms with E-state index in [4.69, 9.17) is 0 Å². The van der Waals surface area contributed by atoms with Crippen LogP contribution in [0.1, 0.15) is 32.1 Å². The van der Waals surface area contributed by atoms with Crippen LogP contribution >= 0.6 is 0 Å². The molecule has 1 fully saturated rings. The van der Waals surface area contributed by atoms with E-state index < -0.39 is 25.3 Å². The Bertz CT molecular complexity index is 115. The van der Waals surface area contributed by atoms with Crippen molar-refractivity contribution in [1.82, 2.24) is 0 Å². The zero-order valence-corrected chi connectivity index (χ0v) is 9.10. The fourth-order valence-electron chi connectivity index (χ4n) is 1.48. The van der Waals surface area contributed by atoms with Crippen LogP contribution in [-0.2, 0) is 0 Å². The van der Waals surface area contributed by atoms with Crippen LogP contribution in [0, 0.1) is 0 Å². The Labute approximate surface area is 74.8 Å². The molecule has 2 radical (unpaired) electrons. The van der Waals surface area contributed by atoms with E-state index in [1.807, 2.05) is 0 Å². The number of hydrogen-bond donors (Lipinski definition) is 0. The topological polar surface area (TPSA) is 0 Å². The fraction of sp³-hybridized carbons (Fsp3) is 1.00. The monoisotopic (exact) mass is 272 g/mol. The summed E-state index contributed by atoms with van der Waals surface area (Å²) >= 11 is -2.07. The molecular formula is C7H11F3Sn. The molecule has 0 amide bonds. The van der Waals surface area contributed by atoms with Crippen LogP contribution in [0.5, 0.6) is 0 Å². The van der Waals surface area contributed by atoms with Crippen molar-refractivity contribution in [3.05, 3.63) is 0 Å². The molecule has 1 aliphatic carbocycles. The van der Waals surface area contributed by atoms with Crippen molar-refractivity contribution in [3.63, 3.8) is 0 Å². The summed E-state index contributed by atoms with van der Waals surface area (Å²) in [7, 11) is 0. The van der Waals surface area contributed by atoms with Gasteiger partial charge in [-0.1, -0.05) is 0 Å². The number of alkyl halides is 3. The van der Waals surface area contributed by atoms with Crippen molar-refractivity contribution in [1.29, 1.82) is 0 Å². The van der Waals surface area contributed by atoms with E-state index >= 15 is 0 Å². The Kier molecular flexibility index (Phi) is 3.52. The normalized spacial score (nSPS) is 22.1. The molecule has 0 nitrogen and oxygen atoms in total. The Morgan fingerprint density at radius 3 is 2.00 bits per heavy atom. The van der Waals surface area contributed by atoms with Crippen molar-refractivity contribution in [2.24, 2.45) is 0 Å². The van der Waals surface area contributed by atoms with Crippen molar-refractivity contribution in [2.75, 3.05) is 0 Å². The number of halogens is 3. The van der Waals surface area contributed by atoms with Crippen LogP contribution in [0.25, 0.3) is 0 Å². The third-order valence-electron chi connectivity index (χ3n) is 1.97. The van der Waals surface area contributed by atoms with Gasteiger partial charge in [-0.25, -0.2) is 0 Å². The van der Waals surface area contributed by atoms with Gasteiger partial charge in [-0.15, -0.1) is 0 Å². The van der Waals surface area contributed by atoms with E-state index in [1.165, 1.54) is 0 Å². The summed E-state index contributed by atoms with van der Waals surface area (Å²) in [6.07, 6.45) is 4.91. The predicted octanol–water partition coefficient (Wildman–Crippen LogP) is 2.96. The third kappa shape index (κ3) is 4.23. The van der Waals surface area contributed by atoms with Gasteiger partial charge in [0, 0.05) is 0 Å². The van der Waals surface area contributed by atoms with Crippen molar-refractivity contribution in [2.45, 2.75) is 40.2 Å². The molecule has 0 unspecified atom stereocenters. The second-order valence-corrected chi connectivity index (χ2v) is 7.75. The first-order valence-electron chi connectivity index (χ1n) is 3.92. The second kappa shape index (κ2) is 4.01. The average Bonchev–Trinajstić information content (AvgIpc) is 1.85. The van der Waals surface area contributed by atoms with Gasteiger partial charge in [0.05, 0.1) is 0 Å². The summed E-state index contributed by atoms with van der Waals surface area (Å²) < 4.78 is 32.1. The van der Waals surface area contributed by atoms with Gasteiger partial charge in [-0.2, -0.15) is 0 Å². The van der Waals surface area contributed by atoms with Gasteiger partial charge >= 0.3 is 74.5 Å². The van der Waals surface area contributed by atoms with E-state index in [0.717, 1.165) is 32.1 Å². The van der Waals surface area contributed by atoms with Gasteiger partial charge in [0.1, 0.15) is 0 Å². The molecule has 0 aromatic carbocycles. The Morgan fingerprint density at radius 1 is 1.00 bits per heavy atom. The fourth-order valence-corrected chi connectivity index (χ4v) is 4.79. The molecule has 11 heavy (non-hydrogen) atoms. The molecule has 0 atom stereocenters. The summed E-state index contributed by atoms with van der Waals surface area (Å²) in [6.45, 7) is 0. The standard InChI is InChI=1S/C6H11.CF3.Sn/c1-2-4-6-5-3-1;2-1(3)4;/h1H,2-6H2;;. The molecule has 0 saturated heterocycles. The van der Waals surface area contributed by atoms with Crippen LogP contribution in [0.2, 0.25) is 3.93 Å². The summed E-state index contributed by atoms with van der Waals surface area (Å²) in [5, 5.41) is 0. The molecule has 1 aliphatic rings. The van der Waals surface area contributed by atoms with E-state index in [-0.39, 0.29) is 3.93 Å². The van der Waals surface area contributed by atoms with Crippen molar-refractivity contribution in [3.8, 4) is 0 Å². The zero-order valence-electron chi connectivity index (χ0n) is 6.25. The molecule has 1 saturated carbocycles. The maximum absolute atomic E-state index is 11.9. The van der Waals surface area contributed by atoms with Gasteiger partial charge in [-0.3, -0.25) is 0 Å². The first-order chi connectivity index (χ1) is 5.08. The second-order valence-electron chi connectivity index (χ2n) is 2.98. The molecule has 0 aliphatic heterocycles. The Balaban J connectivity index is 2.24. The average molecular weight is 271 g/mol. The molecule has 1 rings (SSSR count). The molecule has 0 heterocycles. The Morgan fingerprint density at radius 2 is 1.55 bits per heavy atom. The van der Waals surface area contributed by atoms with Crippen LogP contribution in [-0.4, -0.2) is 25.3 Å². The molecule has 0 bridgehead atoms. The van der Waals surface area contributed by atoms with Gasteiger partial charge in [0.15, 0.2) is 0 Å². The molecular weight excluding hydrogens is 260 g/mol. The molecule has 0 spiro atoms. The quantitative estimate of drug-likeness (QED) is 0.643. The van der Waals surface area contributed by atoms with Crippen LogP contribution in [0.15, 0.2) is 0 Å². The Hall–Kier alpha value is 0.589. The van der Waals surface area contributed by atoms with E-state index in [2.05, 4.69) is 0 Å². The summed E-state index contributed by atoms with van der Waals surface area (Å²) in [5.74, 6) is 0. The molecule has 0 aromatic heterocycles. The molecule has 64 valence electrons. The van der Waals surface area contributed by atoms with Crippen LogP contribution in [0.3, 0.4) is 0 Å². The maximum atomic E-state index is 11.9. The first kappa shape index (κ1) is 9.67. The third-order valence-corrected chi connectivity index (χ3v) is 5.72. The van der Waals surface area contributed by atoms with Gasteiger partial charge in [0.25, 0.3) is 0 Å². The molecule has 4 heteroatoms. The number of hydrogen-bond acceptors (Lipinski definition) is 0. The number of rotatable bonds is 1. The zero-order chi connectivity index (χ0) is 8.32. The van der Waals surface area contributed by atoms with Crippen molar-refractivity contribution < 1.29 is 13.2 Å². The van der Waals surface area contributed by atoms with Gasteiger partial charge < -0.3 is 0 Å². The summed E-state index contributed by atoms with van der Waals surface area (Å²) in [6, 6.07) is 0. The van der Waals surface area contributed by atoms with E-state index in [1.54, 1.807) is 0 Å². The summed E-state index contributed by atoms with van der Waals surface area (Å²) in [4.78, 5) is 0. The molecule has 0 N–H and O–H groups in total. The van der Waals surface area contributed by atoms with Crippen LogP contribution in [0.4, 0.5) is 13.2 Å². The van der Waals surface area contributed by atoms with Crippen molar-refractivity contribution >= 4 is 21.1 Å². The van der Waals surface area contributed by atoms with Crippen LogP contribution < -0.4 is 0 Å². The predicted molar refractivity (Wildman–Crippen MR) is 38.6 cm³/mol.